The summed E-state index contributed by atoms with van der Waals surface area (Å²) in [5, 5.41) is 6.87. The van der Waals surface area contributed by atoms with E-state index < -0.39 is 0 Å². The third kappa shape index (κ3) is 3.24. The minimum absolute atomic E-state index is 0.195. The van der Waals surface area contributed by atoms with E-state index in [-0.39, 0.29) is 5.56 Å². The molecule has 0 aliphatic heterocycles. The second-order valence-corrected chi connectivity index (χ2v) is 7.38. The molecule has 3 heterocycles. The van der Waals surface area contributed by atoms with E-state index in [1.807, 2.05) is 53.9 Å². The molecule has 0 spiro atoms. The number of hydrogen-bond donors (Lipinski definition) is 0. The van der Waals surface area contributed by atoms with E-state index in [0.29, 0.717) is 22.4 Å². The molecule has 3 aromatic heterocycles. The van der Waals surface area contributed by atoms with Crippen molar-refractivity contribution in [2.24, 2.45) is 5.10 Å². The van der Waals surface area contributed by atoms with Gasteiger partial charge in [0.1, 0.15) is 0 Å². The molecule has 0 aliphatic carbocycles. The second kappa shape index (κ2) is 6.85. The molecule has 0 unspecified atom stereocenters. The Morgan fingerprint density at radius 1 is 1.16 bits per heavy atom. The molecule has 25 heavy (non-hydrogen) atoms. The van der Waals surface area contributed by atoms with Crippen LogP contribution in [0.1, 0.15) is 5.69 Å². The van der Waals surface area contributed by atoms with Gasteiger partial charge in [-0.2, -0.15) is 9.78 Å². The van der Waals surface area contributed by atoms with Gasteiger partial charge in [-0.1, -0.05) is 12.1 Å². The molecule has 0 atom stereocenters. The van der Waals surface area contributed by atoms with Crippen molar-refractivity contribution < 1.29 is 0 Å². The Hall–Kier alpha value is -2.39. The van der Waals surface area contributed by atoms with Crippen LogP contribution in [0.15, 0.2) is 70.0 Å². The number of benzene rings is 1. The van der Waals surface area contributed by atoms with E-state index in [4.69, 9.17) is 0 Å². The Labute approximate surface area is 160 Å². The van der Waals surface area contributed by atoms with Crippen molar-refractivity contribution in [2.45, 2.75) is 0 Å². The fourth-order valence-electron chi connectivity index (χ4n) is 2.39. The minimum atomic E-state index is -0.195. The summed E-state index contributed by atoms with van der Waals surface area (Å²) >= 11 is 3.70. The van der Waals surface area contributed by atoms with E-state index in [1.165, 1.54) is 16.0 Å². The Kier molecular flexibility index (Phi) is 4.41. The van der Waals surface area contributed by atoms with E-state index >= 15 is 0 Å². The number of halogens is 1. The lowest BCUT2D eigenvalue weighted by Crippen LogP contribution is -2.20. The lowest BCUT2D eigenvalue weighted by atomic mass is 10.2. The highest BCUT2D eigenvalue weighted by Gasteiger charge is 2.13. The first-order valence-corrected chi connectivity index (χ1v) is 9.40. The number of hydrogen-bond acceptors (Lipinski definition) is 5. The summed E-state index contributed by atoms with van der Waals surface area (Å²) < 4.78 is 2.33. The molecule has 0 amide bonds. The maximum absolute atomic E-state index is 13.0. The van der Waals surface area contributed by atoms with Crippen LogP contribution in [-0.2, 0) is 0 Å². The van der Waals surface area contributed by atoms with Crippen LogP contribution in [0.25, 0.3) is 21.6 Å². The third-order valence-corrected chi connectivity index (χ3v) is 5.08. The first kappa shape index (κ1) is 16.1. The normalized spacial score (nSPS) is 11.4. The van der Waals surface area contributed by atoms with Crippen molar-refractivity contribution in [3.8, 4) is 10.7 Å². The van der Waals surface area contributed by atoms with Gasteiger partial charge in [0.25, 0.3) is 5.56 Å². The Morgan fingerprint density at radius 2 is 2.08 bits per heavy atom. The van der Waals surface area contributed by atoms with Gasteiger partial charge in [-0.25, -0.2) is 4.98 Å². The van der Waals surface area contributed by atoms with Gasteiger partial charge >= 0.3 is 0 Å². The summed E-state index contributed by atoms with van der Waals surface area (Å²) in [5.74, 6) is 0.529. The molecule has 4 rings (SSSR count). The number of aromatic nitrogens is 3. The van der Waals surface area contributed by atoms with Crippen molar-refractivity contribution in [3.05, 3.63) is 79.7 Å². The first-order valence-electron chi connectivity index (χ1n) is 7.44. The lowest BCUT2D eigenvalue weighted by Gasteiger charge is -2.08. The molecule has 4 aromatic rings. The van der Waals surface area contributed by atoms with Crippen molar-refractivity contribution >= 4 is 51.0 Å². The molecular formula is C18H11IN4OS. The predicted octanol–water partition coefficient (Wildman–Crippen LogP) is 4.01. The van der Waals surface area contributed by atoms with E-state index in [2.05, 4.69) is 37.7 Å². The quantitative estimate of drug-likeness (QED) is 0.345. The highest BCUT2D eigenvalue weighted by atomic mass is 127. The van der Waals surface area contributed by atoms with E-state index in [1.54, 1.807) is 12.4 Å². The fourth-order valence-corrected chi connectivity index (χ4v) is 3.58. The molecule has 7 heteroatoms. The summed E-state index contributed by atoms with van der Waals surface area (Å²) in [7, 11) is 0. The molecule has 0 saturated carbocycles. The molecule has 0 bridgehead atoms. The summed E-state index contributed by atoms with van der Waals surface area (Å²) in [4.78, 5) is 22.8. The zero-order valence-corrected chi connectivity index (χ0v) is 15.8. The van der Waals surface area contributed by atoms with Crippen LogP contribution in [-0.4, -0.2) is 20.9 Å². The Bertz CT molecular complexity index is 1120. The molecule has 5 nitrogen and oxygen atoms in total. The lowest BCUT2D eigenvalue weighted by molar-refractivity contribution is 0.831. The number of fused-ring (bicyclic) bond motifs is 1. The molecule has 0 saturated heterocycles. The van der Waals surface area contributed by atoms with Gasteiger partial charge in [-0.15, -0.1) is 11.3 Å². The van der Waals surface area contributed by atoms with Crippen molar-refractivity contribution in [1.82, 2.24) is 14.6 Å². The topological polar surface area (TPSA) is 60.1 Å². The predicted molar refractivity (Wildman–Crippen MR) is 109 cm³/mol. The highest BCUT2D eigenvalue weighted by molar-refractivity contribution is 14.1. The molecular weight excluding hydrogens is 447 g/mol. The molecule has 0 radical (unpaired) electrons. The Balaban J connectivity index is 1.96. The van der Waals surface area contributed by atoms with E-state index in [0.717, 1.165) is 8.45 Å². The summed E-state index contributed by atoms with van der Waals surface area (Å²) in [6.07, 6.45) is 3.26. The zero-order valence-electron chi connectivity index (χ0n) is 12.8. The zero-order chi connectivity index (χ0) is 17.2. The summed E-state index contributed by atoms with van der Waals surface area (Å²) in [6, 6.07) is 15.0. The monoisotopic (exact) mass is 458 g/mol. The van der Waals surface area contributed by atoms with Gasteiger partial charge in [0.2, 0.25) is 0 Å². The standard InChI is InChI=1S/C18H11IN4OS/c19-12-6-7-15-14(10-12)18(24)23(17(22-15)16-5-3-9-25-16)21-11-13-4-1-2-8-20-13/h1-11H/b21-11+. The maximum Gasteiger partial charge on any atom is 0.282 e. The maximum atomic E-state index is 13.0. The van der Waals surface area contributed by atoms with Gasteiger partial charge in [0.05, 0.1) is 27.7 Å². The van der Waals surface area contributed by atoms with E-state index in [9.17, 15) is 4.79 Å². The molecule has 1 aromatic carbocycles. The van der Waals surface area contributed by atoms with Crippen LogP contribution in [0.5, 0.6) is 0 Å². The number of nitrogens with zero attached hydrogens (tertiary/aromatic N) is 4. The summed E-state index contributed by atoms with van der Waals surface area (Å²) in [5.41, 5.74) is 1.14. The summed E-state index contributed by atoms with van der Waals surface area (Å²) in [6.45, 7) is 0. The van der Waals surface area contributed by atoms with Gasteiger partial charge in [0.15, 0.2) is 5.82 Å². The number of rotatable bonds is 3. The van der Waals surface area contributed by atoms with Gasteiger partial charge in [0, 0.05) is 9.77 Å². The van der Waals surface area contributed by atoms with Crippen LogP contribution < -0.4 is 5.56 Å². The number of thiophene rings is 1. The second-order valence-electron chi connectivity index (χ2n) is 5.19. The van der Waals surface area contributed by atoms with Crippen LogP contribution in [0.2, 0.25) is 0 Å². The van der Waals surface area contributed by atoms with Crippen LogP contribution >= 0.6 is 33.9 Å². The highest BCUT2D eigenvalue weighted by Crippen LogP contribution is 2.24. The van der Waals surface area contributed by atoms with Crippen molar-refractivity contribution in [2.75, 3.05) is 0 Å². The molecule has 122 valence electrons. The largest absolute Gasteiger partial charge is 0.282 e. The van der Waals surface area contributed by atoms with Crippen molar-refractivity contribution in [3.63, 3.8) is 0 Å². The van der Waals surface area contributed by atoms with Crippen molar-refractivity contribution in [1.29, 1.82) is 0 Å². The average Bonchev–Trinajstić information content (AvgIpc) is 3.17. The SMILES string of the molecule is O=c1c2cc(I)ccc2nc(-c2cccs2)n1/N=C/c1ccccn1. The smallest absolute Gasteiger partial charge is 0.267 e. The average molecular weight is 458 g/mol. The molecule has 0 N–H and O–H groups in total. The van der Waals surface area contributed by atoms with Crippen LogP contribution in [0.4, 0.5) is 0 Å². The minimum Gasteiger partial charge on any atom is -0.267 e. The fraction of sp³-hybridized carbons (Fsp3) is 0. The number of pyridine rings is 1. The molecule has 0 aliphatic rings. The van der Waals surface area contributed by atoms with Gasteiger partial charge in [-0.05, 0) is 64.4 Å². The van der Waals surface area contributed by atoms with Crippen LogP contribution in [0.3, 0.4) is 0 Å². The van der Waals surface area contributed by atoms with Gasteiger partial charge < -0.3 is 0 Å². The molecule has 0 fully saturated rings. The Morgan fingerprint density at radius 3 is 2.84 bits per heavy atom. The third-order valence-electron chi connectivity index (χ3n) is 3.54. The van der Waals surface area contributed by atoms with Gasteiger partial charge in [-0.3, -0.25) is 9.78 Å². The van der Waals surface area contributed by atoms with Crippen LogP contribution in [0, 0.1) is 3.57 Å². The first-order chi connectivity index (χ1) is 12.2.